The molecule has 34 heavy (non-hydrogen) atoms. The van der Waals surface area contributed by atoms with Crippen molar-refractivity contribution in [1.82, 2.24) is 29.5 Å². The molecule has 5 rings (SSSR count). The van der Waals surface area contributed by atoms with Gasteiger partial charge in [-0.3, -0.25) is 0 Å². The lowest BCUT2D eigenvalue weighted by Crippen LogP contribution is -2.10. The lowest BCUT2D eigenvalue weighted by molar-refractivity contribution is 0.878. The third-order valence-electron chi connectivity index (χ3n) is 5.05. The van der Waals surface area contributed by atoms with Gasteiger partial charge in [0, 0.05) is 17.1 Å². The van der Waals surface area contributed by atoms with Gasteiger partial charge in [0.2, 0.25) is 0 Å². The molecule has 0 unspecified atom stereocenters. The molecule has 3 aromatic carbocycles. The molecule has 10 heteroatoms. The van der Waals surface area contributed by atoms with Crippen LogP contribution in [0.4, 0.5) is 22.7 Å². The van der Waals surface area contributed by atoms with Crippen LogP contribution in [0.25, 0.3) is 11.4 Å². The van der Waals surface area contributed by atoms with Crippen molar-refractivity contribution in [3.63, 3.8) is 0 Å². The highest BCUT2D eigenvalue weighted by molar-refractivity contribution is 5.78. The molecule has 2 heterocycles. The summed E-state index contributed by atoms with van der Waals surface area (Å²) in [6, 6.07) is 24.1. The number of rotatable bonds is 7. The topological polar surface area (TPSA) is 115 Å². The third-order valence-corrected chi connectivity index (χ3v) is 5.05. The van der Waals surface area contributed by atoms with Crippen LogP contribution in [0, 0.1) is 0 Å². The molecule has 0 saturated carbocycles. The first kappa shape index (κ1) is 20.8. The number of nitrogens with zero attached hydrogens (tertiary/aromatic N) is 9. The summed E-state index contributed by atoms with van der Waals surface area (Å²) in [7, 11) is 0. The average molecular weight is 448 g/mol. The van der Waals surface area contributed by atoms with E-state index in [1.54, 1.807) is 22.0 Å². The fourth-order valence-electron chi connectivity index (χ4n) is 3.47. The quantitative estimate of drug-likeness (QED) is 0.298. The molecule has 0 fully saturated rings. The van der Waals surface area contributed by atoms with Gasteiger partial charge >= 0.3 is 0 Å². The van der Waals surface area contributed by atoms with Crippen molar-refractivity contribution in [2.45, 2.75) is 0 Å². The predicted molar refractivity (Wildman–Crippen MR) is 132 cm³/mol. The minimum absolute atomic E-state index is 0.775. The number of aromatic nitrogens is 6. The summed E-state index contributed by atoms with van der Waals surface area (Å²) in [6.45, 7) is 0. The van der Waals surface area contributed by atoms with E-state index in [0.717, 1.165) is 34.1 Å². The molecule has 0 bridgehead atoms. The fraction of sp³-hybridized carbons (Fsp3) is 0. The molecule has 0 radical (unpaired) electrons. The Morgan fingerprint density at radius 2 is 1.15 bits per heavy atom. The summed E-state index contributed by atoms with van der Waals surface area (Å²) in [5.74, 6) is 0. The minimum atomic E-state index is 0.775. The summed E-state index contributed by atoms with van der Waals surface area (Å²) in [5, 5.41) is 8.40. The van der Waals surface area contributed by atoms with E-state index in [2.05, 4.69) is 35.1 Å². The summed E-state index contributed by atoms with van der Waals surface area (Å²) >= 11 is 0. The van der Waals surface area contributed by atoms with Crippen LogP contribution in [0.1, 0.15) is 0 Å². The van der Waals surface area contributed by atoms with Gasteiger partial charge in [-0.1, -0.05) is 0 Å². The zero-order valence-electron chi connectivity index (χ0n) is 18.0. The summed E-state index contributed by atoms with van der Waals surface area (Å²) in [4.78, 5) is 18.3. The van der Waals surface area contributed by atoms with Gasteiger partial charge < -0.3 is 10.6 Å². The predicted octanol–water partition coefficient (Wildman–Crippen LogP) is 3.96. The van der Waals surface area contributed by atoms with Gasteiger partial charge in [-0.25, -0.2) is 29.3 Å². The van der Waals surface area contributed by atoms with Crippen LogP contribution in [-0.2, 0) is 0 Å². The molecule has 2 N–H and O–H groups in total. The Balaban J connectivity index is 1.51. The lowest BCUT2D eigenvalue weighted by Gasteiger charge is -2.26. The van der Waals surface area contributed by atoms with E-state index in [1.807, 2.05) is 72.8 Å². The van der Waals surface area contributed by atoms with Gasteiger partial charge in [-0.05, 0) is 72.8 Å². The van der Waals surface area contributed by atoms with Crippen LogP contribution in [0.15, 0.2) is 108 Å². The van der Waals surface area contributed by atoms with Gasteiger partial charge in [-0.15, -0.1) is 0 Å². The number of nitrogens with two attached hydrogens (primary N) is 1. The summed E-state index contributed by atoms with van der Waals surface area (Å²) in [5.41, 5.74) is 10.8. The maximum Gasteiger partial charge on any atom is 0.138 e. The van der Waals surface area contributed by atoms with Crippen molar-refractivity contribution in [3.05, 3.63) is 98.1 Å². The van der Waals surface area contributed by atoms with Gasteiger partial charge in [0.25, 0.3) is 0 Å². The van der Waals surface area contributed by atoms with Crippen molar-refractivity contribution < 1.29 is 0 Å². The molecular weight excluding hydrogens is 428 g/mol. The molecular formula is C24H20N10. The number of benzene rings is 3. The smallest absolute Gasteiger partial charge is 0.138 e. The second kappa shape index (κ2) is 9.57. The highest BCUT2D eigenvalue weighted by Crippen LogP contribution is 2.36. The molecule has 0 aliphatic rings. The van der Waals surface area contributed by atoms with Gasteiger partial charge in [0.1, 0.15) is 31.6 Å². The normalized spacial score (nSPS) is 11.4. The van der Waals surface area contributed by atoms with Gasteiger partial charge in [0.15, 0.2) is 0 Å². The minimum Gasteiger partial charge on any atom is -0.390 e. The number of hydrogen-bond acceptors (Lipinski definition) is 6. The van der Waals surface area contributed by atoms with Crippen LogP contribution in [-0.4, -0.2) is 42.2 Å². The van der Waals surface area contributed by atoms with Crippen molar-refractivity contribution in [3.8, 4) is 11.4 Å². The Labute approximate surface area is 195 Å². The maximum atomic E-state index is 5.26. The standard InChI is InChI=1S/C24H20N10/c25-13-26-14-29-19-1-3-22(4-2-19)34(23-9-5-20(6-10-23)32-17-27-15-30-32)24-11-7-21(8-12-24)33-18-28-16-31-33/h1-18H,(H2,25,26,29). The van der Waals surface area contributed by atoms with Gasteiger partial charge in [0.05, 0.1) is 23.4 Å². The van der Waals surface area contributed by atoms with Crippen molar-refractivity contribution in [1.29, 1.82) is 0 Å². The monoisotopic (exact) mass is 448 g/mol. The largest absolute Gasteiger partial charge is 0.390 e. The van der Waals surface area contributed by atoms with E-state index in [9.17, 15) is 0 Å². The zero-order valence-corrected chi connectivity index (χ0v) is 18.0. The van der Waals surface area contributed by atoms with Crippen LogP contribution in [0.5, 0.6) is 0 Å². The Morgan fingerprint density at radius 3 is 1.56 bits per heavy atom. The SMILES string of the molecule is NC=NC=Nc1ccc(N(c2ccc(-n3cncn3)cc2)c2ccc(-n3cncn3)cc2)cc1. The molecule has 166 valence electrons. The van der Waals surface area contributed by atoms with E-state index in [1.165, 1.54) is 25.3 Å². The molecule has 2 aromatic heterocycles. The first-order valence-corrected chi connectivity index (χ1v) is 10.4. The maximum absolute atomic E-state index is 5.26. The van der Waals surface area contributed by atoms with Crippen LogP contribution >= 0.6 is 0 Å². The second-order valence-electron chi connectivity index (χ2n) is 7.11. The Bertz CT molecular complexity index is 1290. The van der Waals surface area contributed by atoms with E-state index >= 15 is 0 Å². The molecule has 0 amide bonds. The van der Waals surface area contributed by atoms with Crippen LogP contribution < -0.4 is 10.6 Å². The molecule has 0 saturated heterocycles. The third kappa shape index (κ3) is 4.41. The molecule has 0 aliphatic heterocycles. The Morgan fingerprint density at radius 1 is 0.676 bits per heavy atom. The van der Waals surface area contributed by atoms with E-state index in [-0.39, 0.29) is 0 Å². The highest BCUT2D eigenvalue weighted by atomic mass is 15.3. The van der Waals surface area contributed by atoms with Crippen molar-refractivity contribution in [2.24, 2.45) is 15.7 Å². The van der Waals surface area contributed by atoms with Gasteiger partial charge in [-0.2, -0.15) is 10.2 Å². The average Bonchev–Trinajstić information content (AvgIpc) is 3.61. The Hall–Kier alpha value is -5.12. The molecule has 0 aliphatic carbocycles. The number of hydrogen-bond donors (Lipinski definition) is 1. The first-order chi connectivity index (χ1) is 16.8. The Kier molecular flexibility index (Phi) is 5.84. The number of aliphatic imine (C=N–C) groups is 2. The fourth-order valence-corrected chi connectivity index (χ4v) is 3.47. The van der Waals surface area contributed by atoms with E-state index in [0.29, 0.717) is 0 Å². The number of anilines is 3. The van der Waals surface area contributed by atoms with Crippen LogP contribution in [0.3, 0.4) is 0 Å². The highest BCUT2D eigenvalue weighted by Gasteiger charge is 2.13. The molecule has 10 nitrogen and oxygen atoms in total. The molecule has 0 spiro atoms. The lowest BCUT2D eigenvalue weighted by atomic mass is 10.1. The molecule has 5 aromatic rings. The first-order valence-electron chi connectivity index (χ1n) is 10.4. The van der Waals surface area contributed by atoms with E-state index in [4.69, 9.17) is 5.73 Å². The van der Waals surface area contributed by atoms with Crippen LogP contribution in [0.2, 0.25) is 0 Å². The summed E-state index contributed by atoms with van der Waals surface area (Å²) in [6.07, 6.45) is 8.98. The van der Waals surface area contributed by atoms with Crippen molar-refractivity contribution >= 4 is 35.4 Å². The summed E-state index contributed by atoms with van der Waals surface area (Å²) < 4.78 is 3.44. The molecule has 0 atom stereocenters. The van der Waals surface area contributed by atoms with Crippen molar-refractivity contribution in [2.75, 3.05) is 4.90 Å². The second-order valence-corrected chi connectivity index (χ2v) is 7.11. The zero-order chi connectivity index (χ0) is 23.2. The van der Waals surface area contributed by atoms with E-state index < -0.39 is 0 Å².